The molecule has 1 aromatic heterocycles. The number of rotatable bonds is 2. The minimum Gasteiger partial charge on any atom is -0.337 e. The van der Waals surface area contributed by atoms with Gasteiger partial charge in [-0.05, 0) is 66.2 Å². The molecule has 2 nitrogen and oxygen atoms in total. The molecule has 0 amide bonds. The Kier molecular flexibility index (Phi) is 4.26. The quantitative estimate of drug-likeness (QED) is 0.769. The van der Waals surface area contributed by atoms with Crippen LogP contribution in [0.1, 0.15) is 42.9 Å². The molecule has 0 fully saturated rings. The van der Waals surface area contributed by atoms with Gasteiger partial charge in [0.05, 0.1) is 6.33 Å². The average Bonchev–Trinajstić information content (AvgIpc) is 2.94. The first-order valence-corrected chi connectivity index (χ1v) is 8.30. The second-order valence-corrected chi connectivity index (χ2v) is 7.42. The minimum absolute atomic E-state index is 0. The summed E-state index contributed by atoms with van der Waals surface area (Å²) >= 11 is 6.46. The maximum absolute atomic E-state index is 6.46. The molecule has 2 aliphatic rings. The molecule has 1 heterocycles. The molecule has 1 aromatic carbocycles. The van der Waals surface area contributed by atoms with Crippen molar-refractivity contribution < 1.29 is 0 Å². The first kappa shape index (κ1) is 15.9. The smallest absolute Gasteiger partial charge is 0.0945 e. The molecule has 2 atom stereocenters. The highest BCUT2D eigenvalue weighted by Gasteiger charge is 2.40. The van der Waals surface area contributed by atoms with Gasteiger partial charge in [0, 0.05) is 24.0 Å². The number of benzene rings is 1. The van der Waals surface area contributed by atoms with Crippen LogP contribution in [0.25, 0.3) is 0 Å². The van der Waals surface area contributed by atoms with Crippen LogP contribution < -0.4 is 0 Å². The molecule has 0 bridgehead atoms. The highest BCUT2D eigenvalue weighted by atomic mass is 35.5. The number of imidazole rings is 1. The maximum Gasteiger partial charge on any atom is 0.0945 e. The Labute approximate surface area is 143 Å². The molecule has 118 valence electrons. The Balaban J connectivity index is 0.00000144. The summed E-state index contributed by atoms with van der Waals surface area (Å²) in [6.07, 6.45) is 12.1. The lowest BCUT2D eigenvalue weighted by Gasteiger charge is -2.44. The van der Waals surface area contributed by atoms with Crippen molar-refractivity contribution in [3.63, 3.8) is 0 Å². The molecule has 2 aliphatic carbocycles. The molecule has 0 N–H and O–H groups in total. The van der Waals surface area contributed by atoms with Gasteiger partial charge in [-0.15, -0.1) is 12.4 Å². The predicted octanol–water partition coefficient (Wildman–Crippen LogP) is 4.81. The fraction of sp³-hybridized carbons (Fsp3) is 0.500. The summed E-state index contributed by atoms with van der Waals surface area (Å²) in [5.41, 5.74) is 4.87. The van der Waals surface area contributed by atoms with Crippen molar-refractivity contribution in [2.24, 2.45) is 5.92 Å². The van der Waals surface area contributed by atoms with E-state index in [1.54, 1.807) is 5.56 Å². The van der Waals surface area contributed by atoms with Crippen LogP contribution in [0.2, 0.25) is 5.02 Å². The number of nitrogens with zero attached hydrogens (tertiary/aromatic N) is 2. The summed E-state index contributed by atoms with van der Waals surface area (Å²) in [6.45, 7) is 3.53. The Morgan fingerprint density at radius 3 is 3.05 bits per heavy atom. The molecule has 0 aliphatic heterocycles. The van der Waals surface area contributed by atoms with E-state index in [0.717, 1.165) is 18.0 Å². The van der Waals surface area contributed by atoms with Gasteiger partial charge in [-0.25, -0.2) is 4.98 Å². The highest BCUT2D eigenvalue weighted by molar-refractivity contribution is 6.31. The van der Waals surface area contributed by atoms with Crippen molar-refractivity contribution in [2.75, 3.05) is 0 Å². The zero-order valence-electron chi connectivity index (χ0n) is 12.9. The Morgan fingerprint density at radius 1 is 1.41 bits per heavy atom. The SMILES string of the molecule is C[C@@]12CCCc3c(Cl)ccc(c31)C[C@H](Cn1ccnc1)C2.Cl. The molecular formula is C18H22Cl2N2. The molecule has 4 rings (SSSR count). The second kappa shape index (κ2) is 5.90. The molecule has 4 heteroatoms. The van der Waals surface area contributed by atoms with Crippen LogP contribution in [0.4, 0.5) is 0 Å². The molecule has 0 saturated heterocycles. The van der Waals surface area contributed by atoms with Crippen LogP contribution in [-0.4, -0.2) is 9.55 Å². The van der Waals surface area contributed by atoms with E-state index >= 15 is 0 Å². The van der Waals surface area contributed by atoms with Crippen LogP contribution in [0, 0.1) is 5.92 Å². The van der Waals surface area contributed by atoms with Gasteiger partial charge >= 0.3 is 0 Å². The van der Waals surface area contributed by atoms with Gasteiger partial charge in [0.1, 0.15) is 0 Å². The molecule has 0 unspecified atom stereocenters. The third-order valence-electron chi connectivity index (χ3n) is 5.38. The summed E-state index contributed by atoms with van der Waals surface area (Å²) in [7, 11) is 0. The van der Waals surface area contributed by atoms with Crippen LogP contribution in [0.15, 0.2) is 30.9 Å². The van der Waals surface area contributed by atoms with E-state index in [2.05, 4.69) is 34.8 Å². The zero-order valence-corrected chi connectivity index (χ0v) is 14.5. The largest absolute Gasteiger partial charge is 0.337 e. The zero-order chi connectivity index (χ0) is 14.4. The molecule has 0 saturated carbocycles. The first-order chi connectivity index (χ1) is 10.2. The fourth-order valence-electron chi connectivity index (χ4n) is 4.66. The molecule has 22 heavy (non-hydrogen) atoms. The summed E-state index contributed by atoms with van der Waals surface area (Å²) in [5.74, 6) is 0.698. The molecule has 2 aromatic rings. The fourth-order valence-corrected chi connectivity index (χ4v) is 4.92. The van der Waals surface area contributed by atoms with Crippen molar-refractivity contribution in [1.82, 2.24) is 9.55 Å². The van der Waals surface area contributed by atoms with E-state index in [9.17, 15) is 0 Å². The van der Waals surface area contributed by atoms with Crippen LogP contribution in [0.5, 0.6) is 0 Å². The maximum atomic E-state index is 6.46. The molecular weight excluding hydrogens is 315 g/mol. The Bertz CT molecular complexity index is 666. The molecule has 0 radical (unpaired) electrons. The lowest BCUT2D eigenvalue weighted by atomic mass is 9.61. The van der Waals surface area contributed by atoms with E-state index in [4.69, 9.17) is 11.6 Å². The van der Waals surface area contributed by atoms with E-state index in [1.165, 1.54) is 36.8 Å². The van der Waals surface area contributed by atoms with Crippen LogP contribution in [-0.2, 0) is 24.8 Å². The monoisotopic (exact) mass is 336 g/mol. The van der Waals surface area contributed by atoms with Gasteiger partial charge < -0.3 is 4.57 Å². The van der Waals surface area contributed by atoms with Gasteiger partial charge in [-0.2, -0.15) is 0 Å². The normalized spacial score (nSPS) is 26.2. The van der Waals surface area contributed by atoms with Crippen LogP contribution in [0.3, 0.4) is 0 Å². The van der Waals surface area contributed by atoms with Crippen molar-refractivity contribution in [3.8, 4) is 0 Å². The Morgan fingerprint density at radius 2 is 2.27 bits per heavy atom. The average molecular weight is 337 g/mol. The number of hydrogen-bond acceptors (Lipinski definition) is 1. The summed E-state index contributed by atoms with van der Waals surface area (Å²) in [4.78, 5) is 4.17. The van der Waals surface area contributed by atoms with Crippen molar-refractivity contribution >= 4 is 24.0 Å². The van der Waals surface area contributed by atoms with Gasteiger partial charge in [0.2, 0.25) is 0 Å². The van der Waals surface area contributed by atoms with E-state index in [1.807, 2.05) is 12.5 Å². The topological polar surface area (TPSA) is 17.8 Å². The summed E-state index contributed by atoms with van der Waals surface area (Å²) in [5, 5.41) is 0.979. The molecule has 0 spiro atoms. The lowest BCUT2D eigenvalue weighted by Crippen LogP contribution is -2.37. The third kappa shape index (κ3) is 2.57. The number of aromatic nitrogens is 2. The van der Waals surface area contributed by atoms with Gasteiger partial charge in [0.25, 0.3) is 0 Å². The van der Waals surface area contributed by atoms with Gasteiger partial charge in [0.15, 0.2) is 0 Å². The third-order valence-corrected chi connectivity index (χ3v) is 5.73. The van der Waals surface area contributed by atoms with Gasteiger partial charge in [-0.1, -0.05) is 24.6 Å². The van der Waals surface area contributed by atoms with Crippen molar-refractivity contribution in [3.05, 3.63) is 52.6 Å². The second-order valence-electron chi connectivity index (χ2n) is 7.01. The minimum atomic E-state index is 0. The van der Waals surface area contributed by atoms with Crippen molar-refractivity contribution in [2.45, 2.75) is 51.0 Å². The Hall–Kier alpha value is -0.990. The van der Waals surface area contributed by atoms with E-state index in [0.29, 0.717) is 11.3 Å². The summed E-state index contributed by atoms with van der Waals surface area (Å²) < 4.78 is 2.22. The summed E-state index contributed by atoms with van der Waals surface area (Å²) in [6, 6.07) is 4.38. The highest BCUT2D eigenvalue weighted by Crippen LogP contribution is 2.49. The number of hydrogen-bond donors (Lipinski definition) is 0. The lowest BCUT2D eigenvalue weighted by molar-refractivity contribution is 0.251. The predicted molar refractivity (Wildman–Crippen MR) is 93.0 cm³/mol. The number of halogens is 2. The van der Waals surface area contributed by atoms with E-state index < -0.39 is 0 Å². The van der Waals surface area contributed by atoms with Crippen LogP contribution >= 0.6 is 24.0 Å². The standard InChI is InChI=1S/C18H21ClN2.ClH/c1-18-6-2-3-15-16(19)5-4-14(17(15)18)9-13(10-18)11-21-8-7-20-12-21;/h4-5,7-8,12-13H,2-3,6,9-11H2,1H3;1H/t13-,18-;/m0./s1. The van der Waals surface area contributed by atoms with Gasteiger partial charge in [-0.3, -0.25) is 0 Å². The first-order valence-electron chi connectivity index (χ1n) is 7.92. The van der Waals surface area contributed by atoms with E-state index in [-0.39, 0.29) is 12.4 Å². The van der Waals surface area contributed by atoms with Crippen molar-refractivity contribution in [1.29, 1.82) is 0 Å².